The monoisotopic (exact) mass is 229 g/mol. The van der Waals surface area contributed by atoms with Crippen LogP contribution in [0.2, 0.25) is 0 Å². The van der Waals surface area contributed by atoms with Crippen molar-refractivity contribution in [3.8, 4) is 0 Å². The molecule has 4 nitrogen and oxygen atoms in total. The summed E-state index contributed by atoms with van der Waals surface area (Å²) in [5, 5.41) is 3.28. The summed E-state index contributed by atoms with van der Waals surface area (Å²) < 4.78 is 0.883. The smallest absolute Gasteiger partial charge is 0.228 e. The average Bonchev–Trinajstić information content (AvgIpc) is 1.66. The van der Waals surface area contributed by atoms with Gasteiger partial charge in [-0.1, -0.05) is 22.6 Å². The zero-order chi connectivity index (χ0) is 6.41. The predicted molar refractivity (Wildman–Crippen MR) is 40.6 cm³/mol. The van der Waals surface area contributed by atoms with Gasteiger partial charge in [-0.15, -0.1) is 0 Å². The molecule has 0 bridgehead atoms. The maximum absolute atomic E-state index is 4.93. The van der Waals surface area contributed by atoms with Crippen LogP contribution >= 0.6 is 22.6 Å². The van der Waals surface area contributed by atoms with Gasteiger partial charge in [0.2, 0.25) is 5.96 Å². The topological polar surface area (TPSA) is 73.6 Å². The fourth-order valence-corrected chi connectivity index (χ4v) is 0.352. The van der Waals surface area contributed by atoms with Crippen LogP contribution < -0.4 is 11.5 Å². The summed E-state index contributed by atoms with van der Waals surface area (Å²) in [6.07, 6.45) is 0. The number of halogens is 1. The van der Waals surface area contributed by atoms with E-state index in [-0.39, 0.29) is 5.96 Å². The highest BCUT2D eigenvalue weighted by Crippen LogP contribution is 1.81. The molecule has 0 aromatic carbocycles. The fraction of sp³-hybridized carbons (Fsp3) is 0.667. The molecule has 0 amide bonds. The first-order valence-corrected chi connectivity index (χ1v) is 3.57. The SMILES string of the molecule is NC(N)=NOCCI. The summed E-state index contributed by atoms with van der Waals surface area (Å²) in [4.78, 5) is 4.57. The standard InChI is InChI=1S/C3H8IN3O/c4-1-2-8-7-3(5)6/h1-2H2,(H4,5,6,7). The Morgan fingerprint density at radius 2 is 2.25 bits per heavy atom. The minimum Gasteiger partial charge on any atom is -0.392 e. The minimum atomic E-state index is -0.0325. The molecule has 0 spiro atoms. The third kappa shape index (κ3) is 5.80. The van der Waals surface area contributed by atoms with Gasteiger partial charge in [0, 0.05) is 4.43 Å². The Labute approximate surface area is 61.4 Å². The van der Waals surface area contributed by atoms with Crippen LogP contribution in [0.4, 0.5) is 0 Å². The van der Waals surface area contributed by atoms with Gasteiger partial charge < -0.3 is 16.3 Å². The molecule has 0 saturated carbocycles. The van der Waals surface area contributed by atoms with Gasteiger partial charge in [-0.3, -0.25) is 0 Å². The maximum Gasteiger partial charge on any atom is 0.228 e. The van der Waals surface area contributed by atoms with Crippen LogP contribution in [-0.2, 0) is 4.84 Å². The van der Waals surface area contributed by atoms with Gasteiger partial charge in [-0.25, -0.2) is 0 Å². The van der Waals surface area contributed by atoms with E-state index in [1.54, 1.807) is 0 Å². The molecule has 0 radical (unpaired) electrons. The van der Waals surface area contributed by atoms with E-state index < -0.39 is 0 Å². The molecule has 0 rings (SSSR count). The Kier molecular flexibility index (Phi) is 4.82. The first kappa shape index (κ1) is 7.80. The molecule has 0 aromatic heterocycles. The summed E-state index contributed by atoms with van der Waals surface area (Å²) >= 11 is 2.16. The molecular weight excluding hydrogens is 221 g/mol. The van der Waals surface area contributed by atoms with Crippen molar-refractivity contribution in [1.29, 1.82) is 0 Å². The third-order valence-electron chi connectivity index (χ3n) is 0.338. The summed E-state index contributed by atoms with van der Waals surface area (Å²) in [6, 6.07) is 0. The molecule has 0 heterocycles. The largest absolute Gasteiger partial charge is 0.392 e. The molecule has 48 valence electrons. The van der Waals surface area contributed by atoms with Gasteiger partial charge in [0.05, 0.1) is 0 Å². The van der Waals surface area contributed by atoms with E-state index in [4.69, 9.17) is 11.5 Å². The van der Waals surface area contributed by atoms with Crippen LogP contribution in [0.1, 0.15) is 0 Å². The lowest BCUT2D eigenvalue weighted by Gasteiger charge is -1.92. The number of nitrogens with zero attached hydrogens (tertiary/aromatic N) is 1. The van der Waals surface area contributed by atoms with Gasteiger partial charge in [-0.05, 0) is 5.16 Å². The molecule has 0 fully saturated rings. The van der Waals surface area contributed by atoms with Crippen molar-refractivity contribution in [3.63, 3.8) is 0 Å². The molecule has 0 aliphatic rings. The molecule has 0 unspecified atom stereocenters. The highest BCUT2D eigenvalue weighted by molar-refractivity contribution is 14.1. The summed E-state index contributed by atoms with van der Waals surface area (Å²) in [7, 11) is 0. The number of rotatable bonds is 3. The van der Waals surface area contributed by atoms with E-state index >= 15 is 0 Å². The van der Waals surface area contributed by atoms with Crippen LogP contribution in [-0.4, -0.2) is 17.0 Å². The highest BCUT2D eigenvalue weighted by Gasteiger charge is 1.79. The molecule has 5 heteroatoms. The molecular formula is C3H8IN3O. The Bertz CT molecular complexity index is 80.6. The second-order valence-electron chi connectivity index (χ2n) is 1.04. The van der Waals surface area contributed by atoms with Crippen molar-refractivity contribution in [2.24, 2.45) is 16.6 Å². The number of nitrogens with two attached hydrogens (primary N) is 2. The highest BCUT2D eigenvalue weighted by atomic mass is 127. The van der Waals surface area contributed by atoms with Crippen molar-refractivity contribution >= 4 is 28.6 Å². The van der Waals surface area contributed by atoms with Gasteiger partial charge in [-0.2, -0.15) is 0 Å². The van der Waals surface area contributed by atoms with E-state index in [9.17, 15) is 0 Å². The van der Waals surface area contributed by atoms with Crippen molar-refractivity contribution in [2.45, 2.75) is 0 Å². The number of guanidine groups is 1. The zero-order valence-corrected chi connectivity index (χ0v) is 6.46. The fourth-order valence-electron chi connectivity index (χ4n) is 0.155. The minimum absolute atomic E-state index is 0.0325. The molecule has 0 aromatic rings. The van der Waals surface area contributed by atoms with Crippen molar-refractivity contribution in [2.75, 3.05) is 11.0 Å². The number of oxime groups is 1. The number of hydrogen-bond donors (Lipinski definition) is 2. The lowest BCUT2D eigenvalue weighted by Crippen LogP contribution is -2.22. The second kappa shape index (κ2) is 4.95. The summed E-state index contributed by atoms with van der Waals surface area (Å²) in [6.45, 7) is 0.554. The first-order chi connectivity index (χ1) is 3.77. The summed E-state index contributed by atoms with van der Waals surface area (Å²) in [5.74, 6) is -0.0325. The van der Waals surface area contributed by atoms with E-state index in [2.05, 4.69) is 32.6 Å². The van der Waals surface area contributed by atoms with Crippen molar-refractivity contribution in [3.05, 3.63) is 0 Å². The van der Waals surface area contributed by atoms with Crippen LogP contribution in [0.25, 0.3) is 0 Å². The molecule has 0 atom stereocenters. The quantitative estimate of drug-likeness (QED) is 0.173. The van der Waals surface area contributed by atoms with Gasteiger partial charge in [0.25, 0.3) is 0 Å². The Morgan fingerprint density at radius 1 is 1.62 bits per heavy atom. The Balaban J connectivity index is 3.03. The first-order valence-electron chi connectivity index (χ1n) is 2.04. The molecule has 4 N–H and O–H groups in total. The molecule has 0 aliphatic heterocycles. The number of hydrogen-bond acceptors (Lipinski definition) is 2. The summed E-state index contributed by atoms with van der Waals surface area (Å²) in [5.41, 5.74) is 9.87. The second-order valence-corrected chi connectivity index (χ2v) is 2.12. The normalized spacial score (nSPS) is 8.12. The van der Waals surface area contributed by atoms with Crippen molar-refractivity contribution in [1.82, 2.24) is 0 Å². The van der Waals surface area contributed by atoms with E-state index in [0.29, 0.717) is 6.61 Å². The molecule has 0 aliphatic carbocycles. The van der Waals surface area contributed by atoms with E-state index in [1.165, 1.54) is 0 Å². The maximum atomic E-state index is 4.93. The van der Waals surface area contributed by atoms with Crippen LogP contribution in [0.5, 0.6) is 0 Å². The van der Waals surface area contributed by atoms with Crippen LogP contribution in [0.3, 0.4) is 0 Å². The molecule has 0 saturated heterocycles. The van der Waals surface area contributed by atoms with E-state index in [1.807, 2.05) is 0 Å². The van der Waals surface area contributed by atoms with Gasteiger partial charge >= 0.3 is 0 Å². The lowest BCUT2D eigenvalue weighted by molar-refractivity contribution is 0.162. The average molecular weight is 229 g/mol. The Hall–Kier alpha value is -0.200. The zero-order valence-electron chi connectivity index (χ0n) is 4.30. The van der Waals surface area contributed by atoms with Crippen LogP contribution in [0, 0.1) is 0 Å². The van der Waals surface area contributed by atoms with Crippen molar-refractivity contribution < 1.29 is 4.84 Å². The molecule has 8 heavy (non-hydrogen) atoms. The lowest BCUT2D eigenvalue weighted by atomic mass is 10.9. The van der Waals surface area contributed by atoms with E-state index in [0.717, 1.165) is 4.43 Å². The predicted octanol–water partition coefficient (Wildman–Crippen LogP) is -0.374. The van der Waals surface area contributed by atoms with Gasteiger partial charge in [0.15, 0.2) is 0 Å². The van der Waals surface area contributed by atoms with Crippen LogP contribution in [0.15, 0.2) is 5.16 Å². The third-order valence-corrected chi connectivity index (χ3v) is 0.779. The Morgan fingerprint density at radius 3 is 2.62 bits per heavy atom. The van der Waals surface area contributed by atoms with Gasteiger partial charge in [0.1, 0.15) is 6.61 Å². The number of alkyl halides is 1.